The molecule has 22 heavy (non-hydrogen) atoms. The summed E-state index contributed by atoms with van der Waals surface area (Å²) >= 11 is 0. The van der Waals surface area contributed by atoms with Crippen molar-refractivity contribution >= 4 is 0 Å². The van der Waals surface area contributed by atoms with Crippen LogP contribution in [0.1, 0.15) is 41.5 Å². The van der Waals surface area contributed by atoms with Crippen molar-refractivity contribution < 1.29 is 18.9 Å². The summed E-state index contributed by atoms with van der Waals surface area (Å²) in [5.41, 5.74) is -0.0982. The van der Waals surface area contributed by atoms with Gasteiger partial charge in [0.15, 0.2) is 0 Å². The van der Waals surface area contributed by atoms with Crippen LogP contribution in [-0.2, 0) is 18.9 Å². The molecule has 0 amide bonds. The van der Waals surface area contributed by atoms with Crippen molar-refractivity contribution in [3.8, 4) is 0 Å². The molecule has 5 nitrogen and oxygen atoms in total. The van der Waals surface area contributed by atoms with Crippen LogP contribution >= 0.6 is 0 Å². The Morgan fingerprint density at radius 2 is 1.18 bits per heavy atom. The highest BCUT2D eigenvalue weighted by molar-refractivity contribution is 4.63. The van der Waals surface area contributed by atoms with Crippen molar-refractivity contribution in [1.29, 1.82) is 0 Å². The van der Waals surface area contributed by atoms with E-state index in [1.165, 1.54) is 0 Å². The van der Waals surface area contributed by atoms with Crippen molar-refractivity contribution in [2.75, 3.05) is 52.8 Å². The zero-order chi connectivity index (χ0) is 16.8. The monoisotopic (exact) mass is 319 g/mol. The van der Waals surface area contributed by atoms with Crippen molar-refractivity contribution in [2.45, 2.75) is 53.2 Å². The molecular formula is C17H37NO4. The number of nitrogens with one attached hydrogen (secondary N) is 1. The Morgan fingerprint density at radius 3 is 1.64 bits per heavy atom. The zero-order valence-corrected chi connectivity index (χ0v) is 15.4. The van der Waals surface area contributed by atoms with Gasteiger partial charge in [-0.3, -0.25) is 0 Å². The highest BCUT2D eigenvalue weighted by atomic mass is 16.6. The van der Waals surface area contributed by atoms with E-state index in [9.17, 15) is 0 Å². The molecule has 0 aliphatic heterocycles. The Kier molecular flexibility index (Phi) is 13.1. The van der Waals surface area contributed by atoms with Crippen LogP contribution < -0.4 is 5.32 Å². The van der Waals surface area contributed by atoms with E-state index in [4.69, 9.17) is 18.9 Å². The summed E-state index contributed by atoms with van der Waals surface area (Å²) in [4.78, 5) is 0. The normalized spacial score (nSPS) is 13.8. The average Bonchev–Trinajstić information content (AvgIpc) is 2.42. The molecule has 5 heteroatoms. The molecule has 0 aromatic carbocycles. The van der Waals surface area contributed by atoms with Gasteiger partial charge in [0, 0.05) is 12.6 Å². The van der Waals surface area contributed by atoms with Gasteiger partial charge in [0.1, 0.15) is 0 Å². The van der Waals surface area contributed by atoms with Gasteiger partial charge in [-0.1, -0.05) is 13.8 Å². The Hall–Kier alpha value is -0.200. The van der Waals surface area contributed by atoms with Crippen molar-refractivity contribution in [1.82, 2.24) is 5.32 Å². The smallest absolute Gasteiger partial charge is 0.0707 e. The van der Waals surface area contributed by atoms with Gasteiger partial charge in [0.05, 0.1) is 51.8 Å². The first-order valence-electron chi connectivity index (χ1n) is 8.43. The van der Waals surface area contributed by atoms with Crippen LogP contribution in [0.4, 0.5) is 0 Å². The molecule has 0 fully saturated rings. The SMILES string of the molecule is CC(C)[C@H](C)NCCOCCOCCOCCOC(C)(C)C. The molecule has 0 saturated carbocycles. The number of hydrogen-bond donors (Lipinski definition) is 1. The van der Waals surface area contributed by atoms with E-state index < -0.39 is 0 Å². The summed E-state index contributed by atoms with van der Waals surface area (Å²) in [6, 6.07) is 0.527. The Morgan fingerprint density at radius 1 is 0.727 bits per heavy atom. The van der Waals surface area contributed by atoms with Crippen LogP contribution in [0.2, 0.25) is 0 Å². The fourth-order valence-corrected chi connectivity index (χ4v) is 1.54. The largest absolute Gasteiger partial charge is 0.378 e. The summed E-state index contributed by atoms with van der Waals surface area (Å²) in [5, 5.41) is 3.43. The van der Waals surface area contributed by atoms with Gasteiger partial charge in [-0.25, -0.2) is 0 Å². The molecule has 134 valence electrons. The topological polar surface area (TPSA) is 49.0 Å². The summed E-state index contributed by atoms with van der Waals surface area (Å²) in [7, 11) is 0. The first kappa shape index (κ1) is 21.8. The van der Waals surface area contributed by atoms with Crippen LogP contribution in [0.25, 0.3) is 0 Å². The Bertz CT molecular complexity index is 241. The van der Waals surface area contributed by atoms with Gasteiger partial charge < -0.3 is 24.3 Å². The average molecular weight is 319 g/mol. The van der Waals surface area contributed by atoms with E-state index in [1.807, 2.05) is 20.8 Å². The van der Waals surface area contributed by atoms with Gasteiger partial charge in [0.25, 0.3) is 0 Å². The van der Waals surface area contributed by atoms with Gasteiger partial charge in [-0.05, 0) is 33.6 Å². The first-order chi connectivity index (χ1) is 10.3. The summed E-state index contributed by atoms with van der Waals surface area (Å²) in [6.45, 7) is 18.0. The number of rotatable bonds is 14. The maximum absolute atomic E-state index is 5.55. The lowest BCUT2D eigenvalue weighted by atomic mass is 10.1. The minimum Gasteiger partial charge on any atom is -0.378 e. The molecule has 0 unspecified atom stereocenters. The minimum absolute atomic E-state index is 0.0982. The van der Waals surface area contributed by atoms with Crippen molar-refractivity contribution in [3.05, 3.63) is 0 Å². The Balaban J connectivity index is 3.12. The van der Waals surface area contributed by atoms with E-state index >= 15 is 0 Å². The molecule has 0 bridgehead atoms. The van der Waals surface area contributed by atoms with Crippen molar-refractivity contribution in [3.63, 3.8) is 0 Å². The minimum atomic E-state index is -0.0982. The van der Waals surface area contributed by atoms with Crippen LogP contribution in [0.3, 0.4) is 0 Å². The molecule has 1 atom stereocenters. The fraction of sp³-hybridized carbons (Fsp3) is 1.00. The third-order valence-electron chi connectivity index (χ3n) is 3.22. The van der Waals surface area contributed by atoms with Crippen LogP contribution in [0, 0.1) is 5.92 Å². The molecule has 0 spiro atoms. The summed E-state index contributed by atoms with van der Waals surface area (Å²) < 4.78 is 21.9. The van der Waals surface area contributed by atoms with Crippen LogP contribution in [-0.4, -0.2) is 64.4 Å². The predicted molar refractivity (Wildman–Crippen MR) is 90.5 cm³/mol. The molecule has 0 aliphatic rings. The zero-order valence-electron chi connectivity index (χ0n) is 15.4. The lowest BCUT2D eigenvalue weighted by Gasteiger charge is -2.19. The maximum Gasteiger partial charge on any atom is 0.0707 e. The second-order valence-electron chi connectivity index (χ2n) is 6.78. The third-order valence-corrected chi connectivity index (χ3v) is 3.22. The summed E-state index contributed by atoms with van der Waals surface area (Å²) in [6.07, 6.45) is 0. The van der Waals surface area contributed by atoms with Gasteiger partial charge in [-0.2, -0.15) is 0 Å². The molecule has 1 N–H and O–H groups in total. The second-order valence-corrected chi connectivity index (χ2v) is 6.78. The van der Waals surface area contributed by atoms with Gasteiger partial charge in [0.2, 0.25) is 0 Å². The summed E-state index contributed by atoms with van der Waals surface area (Å²) in [5.74, 6) is 0.650. The molecule has 0 rings (SSSR count). The predicted octanol–water partition coefficient (Wildman–Crippen LogP) is 2.49. The molecular weight excluding hydrogens is 282 g/mol. The first-order valence-corrected chi connectivity index (χ1v) is 8.43. The Labute approximate surface area is 137 Å². The van der Waals surface area contributed by atoms with Gasteiger partial charge in [-0.15, -0.1) is 0 Å². The highest BCUT2D eigenvalue weighted by Crippen LogP contribution is 2.05. The van der Waals surface area contributed by atoms with E-state index in [2.05, 4.69) is 26.1 Å². The van der Waals surface area contributed by atoms with E-state index in [1.54, 1.807) is 0 Å². The van der Waals surface area contributed by atoms with Crippen LogP contribution in [0.5, 0.6) is 0 Å². The molecule has 0 aromatic heterocycles. The highest BCUT2D eigenvalue weighted by Gasteiger charge is 2.08. The fourth-order valence-electron chi connectivity index (χ4n) is 1.54. The van der Waals surface area contributed by atoms with Crippen LogP contribution in [0.15, 0.2) is 0 Å². The second kappa shape index (κ2) is 13.3. The molecule has 0 heterocycles. The molecule has 0 aromatic rings. The van der Waals surface area contributed by atoms with Crippen molar-refractivity contribution in [2.24, 2.45) is 5.92 Å². The lowest BCUT2D eigenvalue weighted by Crippen LogP contribution is -2.33. The van der Waals surface area contributed by atoms with E-state index in [-0.39, 0.29) is 5.60 Å². The number of ether oxygens (including phenoxy) is 4. The molecule has 0 aliphatic carbocycles. The molecule has 0 radical (unpaired) electrons. The van der Waals surface area contributed by atoms with Gasteiger partial charge >= 0.3 is 0 Å². The van der Waals surface area contributed by atoms with E-state index in [0.717, 1.165) is 13.2 Å². The molecule has 0 saturated heterocycles. The lowest BCUT2D eigenvalue weighted by molar-refractivity contribution is -0.0449. The quantitative estimate of drug-likeness (QED) is 0.499. The standard InChI is InChI=1S/C17H37NO4/c1-15(2)16(3)18-7-8-19-9-10-20-11-12-21-13-14-22-17(4,5)6/h15-16,18H,7-14H2,1-6H3/t16-/m0/s1. The third kappa shape index (κ3) is 16.2. The van der Waals surface area contributed by atoms with E-state index in [0.29, 0.717) is 51.6 Å². The number of hydrogen-bond acceptors (Lipinski definition) is 5. The maximum atomic E-state index is 5.55.